The van der Waals surface area contributed by atoms with Gasteiger partial charge in [0.1, 0.15) is 10.6 Å². The molecule has 7 nitrogen and oxygen atoms in total. The van der Waals surface area contributed by atoms with Gasteiger partial charge in [-0.3, -0.25) is 4.79 Å². The maximum absolute atomic E-state index is 12.6. The van der Waals surface area contributed by atoms with Gasteiger partial charge in [0, 0.05) is 16.8 Å². The molecule has 0 spiro atoms. The van der Waals surface area contributed by atoms with Crippen LogP contribution in [0, 0.1) is 6.92 Å². The molecule has 1 aliphatic rings. The zero-order valence-electron chi connectivity index (χ0n) is 17.7. The first kappa shape index (κ1) is 23.3. The summed E-state index contributed by atoms with van der Waals surface area (Å²) >= 11 is 0. The van der Waals surface area contributed by atoms with Crippen molar-refractivity contribution in [3.05, 3.63) is 83.4 Å². The second-order valence-corrected chi connectivity index (χ2v) is 9.04. The zero-order chi connectivity index (χ0) is 24.5. The highest BCUT2D eigenvalue weighted by atomic mass is 32.2. The highest BCUT2D eigenvalue weighted by Gasteiger charge is 2.29. The van der Waals surface area contributed by atoms with E-state index in [2.05, 4.69) is 15.0 Å². The SMILES string of the molecule is Cc1ccc(NC(=O)c2ccc(NC3=NS(=O)(=O)c4ccccc43)cc2)c(OCC(F)(F)F)c1. The maximum Gasteiger partial charge on any atom is 0.422 e. The van der Waals surface area contributed by atoms with Crippen molar-refractivity contribution in [1.29, 1.82) is 0 Å². The van der Waals surface area contributed by atoms with Crippen LogP contribution in [0.15, 0.2) is 76.0 Å². The number of nitrogens with one attached hydrogen (secondary N) is 2. The molecule has 0 bridgehead atoms. The lowest BCUT2D eigenvalue weighted by atomic mass is 10.1. The molecule has 0 saturated heterocycles. The number of halogens is 3. The molecule has 0 radical (unpaired) electrons. The Kier molecular flexibility index (Phi) is 6.05. The number of carbonyl (C=O) groups excluding carboxylic acids is 1. The van der Waals surface area contributed by atoms with Gasteiger partial charge in [-0.1, -0.05) is 18.2 Å². The van der Waals surface area contributed by atoms with E-state index in [1.165, 1.54) is 30.3 Å². The van der Waals surface area contributed by atoms with Crippen molar-refractivity contribution in [2.75, 3.05) is 17.2 Å². The molecule has 0 unspecified atom stereocenters. The highest BCUT2D eigenvalue weighted by molar-refractivity contribution is 7.90. The van der Waals surface area contributed by atoms with Crippen LogP contribution in [0.5, 0.6) is 5.75 Å². The van der Waals surface area contributed by atoms with E-state index in [0.29, 0.717) is 16.8 Å². The minimum Gasteiger partial charge on any atom is -0.482 e. The molecule has 34 heavy (non-hydrogen) atoms. The van der Waals surface area contributed by atoms with E-state index in [1.54, 1.807) is 43.3 Å². The zero-order valence-corrected chi connectivity index (χ0v) is 18.5. The summed E-state index contributed by atoms with van der Waals surface area (Å²) in [5, 5.41) is 5.48. The van der Waals surface area contributed by atoms with Gasteiger partial charge in [-0.15, -0.1) is 4.40 Å². The smallest absolute Gasteiger partial charge is 0.422 e. The number of benzene rings is 3. The number of fused-ring (bicyclic) bond motifs is 1. The summed E-state index contributed by atoms with van der Waals surface area (Å²) in [6, 6.07) is 17.0. The molecule has 3 aromatic rings. The number of ether oxygens (including phenoxy) is 1. The van der Waals surface area contributed by atoms with Gasteiger partial charge in [-0.25, -0.2) is 0 Å². The van der Waals surface area contributed by atoms with Crippen molar-refractivity contribution < 1.29 is 31.1 Å². The number of amidine groups is 1. The Bertz CT molecular complexity index is 1390. The van der Waals surface area contributed by atoms with Crippen molar-refractivity contribution in [2.24, 2.45) is 4.40 Å². The number of rotatable bonds is 5. The van der Waals surface area contributed by atoms with E-state index >= 15 is 0 Å². The van der Waals surface area contributed by atoms with Gasteiger partial charge < -0.3 is 15.4 Å². The molecule has 4 rings (SSSR count). The van der Waals surface area contributed by atoms with Crippen LogP contribution >= 0.6 is 0 Å². The van der Waals surface area contributed by atoms with E-state index in [-0.39, 0.29) is 27.7 Å². The molecule has 2 N–H and O–H groups in total. The molecule has 1 aliphatic heterocycles. The van der Waals surface area contributed by atoms with Gasteiger partial charge in [0.25, 0.3) is 15.9 Å². The van der Waals surface area contributed by atoms with Crippen molar-refractivity contribution in [1.82, 2.24) is 0 Å². The largest absolute Gasteiger partial charge is 0.482 e. The molecule has 11 heteroatoms. The lowest BCUT2D eigenvalue weighted by molar-refractivity contribution is -0.153. The standard InChI is InChI=1S/C23H18F3N3O4S/c1-14-6-11-18(19(12-14)33-13-23(24,25)26)28-22(30)15-7-9-16(10-8-15)27-21-17-4-2-3-5-20(17)34(31,32)29-21/h2-12H,13H2,1H3,(H,27,29)(H,28,30). The second kappa shape index (κ2) is 8.82. The van der Waals surface area contributed by atoms with Crippen molar-refractivity contribution in [2.45, 2.75) is 18.0 Å². The predicted molar refractivity (Wildman–Crippen MR) is 121 cm³/mol. The molecule has 0 aromatic heterocycles. The van der Waals surface area contributed by atoms with Gasteiger partial charge in [0.15, 0.2) is 12.4 Å². The minimum absolute atomic E-state index is 0.0944. The third-order valence-electron chi connectivity index (χ3n) is 4.82. The highest BCUT2D eigenvalue weighted by Crippen LogP contribution is 2.29. The van der Waals surface area contributed by atoms with E-state index in [1.807, 2.05) is 0 Å². The maximum atomic E-state index is 12.6. The first-order valence-corrected chi connectivity index (χ1v) is 11.4. The van der Waals surface area contributed by atoms with Gasteiger partial charge in [-0.2, -0.15) is 21.6 Å². The van der Waals surface area contributed by atoms with Gasteiger partial charge >= 0.3 is 6.18 Å². The topological polar surface area (TPSA) is 96.9 Å². The van der Waals surface area contributed by atoms with Crippen LogP contribution in [0.25, 0.3) is 0 Å². The first-order chi connectivity index (χ1) is 16.0. The Balaban J connectivity index is 1.48. The van der Waals surface area contributed by atoms with Gasteiger partial charge in [0.2, 0.25) is 0 Å². The summed E-state index contributed by atoms with van der Waals surface area (Å²) in [4.78, 5) is 12.8. The van der Waals surface area contributed by atoms with E-state index < -0.39 is 28.7 Å². The fourth-order valence-electron chi connectivity index (χ4n) is 3.24. The summed E-state index contributed by atoms with van der Waals surface area (Å²) in [6.45, 7) is 0.207. The molecule has 3 aromatic carbocycles. The Labute approximate surface area is 193 Å². The molecule has 0 fully saturated rings. The summed E-state index contributed by atoms with van der Waals surface area (Å²) in [7, 11) is -3.77. The molecular formula is C23H18F3N3O4S. The molecule has 1 amide bonds. The summed E-state index contributed by atoms with van der Waals surface area (Å²) in [5.41, 5.74) is 1.93. The fraction of sp³-hybridized carbons (Fsp3) is 0.130. The summed E-state index contributed by atoms with van der Waals surface area (Å²) < 4.78 is 70.6. The van der Waals surface area contributed by atoms with E-state index in [4.69, 9.17) is 4.74 Å². The van der Waals surface area contributed by atoms with Crippen LogP contribution in [0.4, 0.5) is 24.5 Å². The van der Waals surface area contributed by atoms with Crippen molar-refractivity contribution >= 4 is 33.1 Å². The fourth-order valence-corrected chi connectivity index (χ4v) is 4.42. The Morgan fingerprint density at radius 3 is 2.44 bits per heavy atom. The number of sulfonamides is 1. The minimum atomic E-state index is -4.52. The number of amides is 1. The molecule has 1 heterocycles. The quantitative estimate of drug-likeness (QED) is 0.539. The number of hydrogen-bond acceptors (Lipinski definition) is 5. The molecule has 176 valence electrons. The van der Waals surface area contributed by atoms with Gasteiger partial charge in [0.05, 0.1) is 5.69 Å². The summed E-state index contributed by atoms with van der Waals surface area (Å²) in [6.07, 6.45) is -4.52. The van der Waals surface area contributed by atoms with E-state index in [9.17, 15) is 26.4 Å². The molecular weight excluding hydrogens is 471 g/mol. The number of carbonyl (C=O) groups is 1. The average molecular weight is 489 g/mol. The number of hydrogen-bond donors (Lipinski definition) is 2. The first-order valence-electron chi connectivity index (χ1n) is 9.95. The van der Waals surface area contributed by atoms with E-state index in [0.717, 1.165) is 0 Å². The third-order valence-corrected chi connectivity index (χ3v) is 6.15. The lowest BCUT2D eigenvalue weighted by Crippen LogP contribution is -2.20. The number of anilines is 2. The van der Waals surface area contributed by atoms with Gasteiger partial charge in [-0.05, 0) is 61.0 Å². The summed E-state index contributed by atoms with van der Waals surface area (Å²) in [5.74, 6) is -0.486. The van der Waals surface area contributed by atoms with Crippen LogP contribution in [-0.2, 0) is 10.0 Å². The normalized spacial score (nSPS) is 14.2. The monoisotopic (exact) mass is 489 g/mol. The number of alkyl halides is 3. The van der Waals surface area contributed by atoms with Crippen LogP contribution in [0.2, 0.25) is 0 Å². The molecule has 0 atom stereocenters. The van der Waals surface area contributed by atoms with Crippen LogP contribution in [0.1, 0.15) is 21.5 Å². The Hall–Kier alpha value is -3.86. The van der Waals surface area contributed by atoms with Crippen LogP contribution in [0.3, 0.4) is 0 Å². The molecule has 0 saturated carbocycles. The second-order valence-electron chi connectivity index (χ2n) is 7.47. The predicted octanol–water partition coefficient (Wildman–Crippen LogP) is 4.75. The third kappa shape index (κ3) is 5.20. The number of nitrogens with zero attached hydrogens (tertiary/aromatic N) is 1. The Morgan fingerprint density at radius 1 is 1.03 bits per heavy atom. The van der Waals surface area contributed by atoms with Crippen molar-refractivity contribution in [3.8, 4) is 5.75 Å². The number of aryl methyl sites for hydroxylation is 1. The van der Waals surface area contributed by atoms with Crippen LogP contribution < -0.4 is 15.4 Å². The molecule has 0 aliphatic carbocycles. The average Bonchev–Trinajstić information content (AvgIpc) is 3.04. The lowest BCUT2D eigenvalue weighted by Gasteiger charge is -2.15. The van der Waals surface area contributed by atoms with Crippen molar-refractivity contribution in [3.63, 3.8) is 0 Å². The van der Waals surface area contributed by atoms with Crippen LogP contribution in [-0.4, -0.2) is 32.9 Å². The Morgan fingerprint density at radius 2 is 1.74 bits per heavy atom.